The molecule has 0 radical (unpaired) electrons. The molecule has 0 N–H and O–H groups in total. The fourth-order valence-corrected chi connectivity index (χ4v) is 6.50. The van der Waals surface area contributed by atoms with Crippen LogP contribution in [0.15, 0.2) is 75.2 Å². The molecule has 3 atom stereocenters. The molecule has 3 unspecified atom stereocenters. The van der Waals surface area contributed by atoms with Crippen molar-refractivity contribution in [2.24, 2.45) is 10.9 Å². The molecule has 8 nitrogen and oxygen atoms in total. The van der Waals surface area contributed by atoms with Gasteiger partial charge in [0.2, 0.25) is 0 Å². The van der Waals surface area contributed by atoms with Gasteiger partial charge in [-0.3, -0.25) is 9.79 Å². The summed E-state index contributed by atoms with van der Waals surface area (Å²) in [5.41, 5.74) is 8.20. The zero-order valence-corrected chi connectivity index (χ0v) is 22.2. The van der Waals surface area contributed by atoms with Crippen molar-refractivity contribution in [2.75, 3.05) is 0 Å². The third-order valence-electron chi connectivity index (χ3n) is 8.11. The third kappa shape index (κ3) is 3.55. The lowest BCUT2D eigenvalue weighted by Crippen LogP contribution is -2.29. The number of halogens is 2. The van der Waals surface area contributed by atoms with E-state index in [1.165, 1.54) is 0 Å². The van der Waals surface area contributed by atoms with Gasteiger partial charge >= 0.3 is 0 Å². The van der Waals surface area contributed by atoms with Gasteiger partial charge in [0.15, 0.2) is 10.7 Å². The Morgan fingerprint density at radius 2 is 1.95 bits per heavy atom. The van der Waals surface area contributed by atoms with Crippen molar-refractivity contribution >= 4 is 45.5 Å². The first-order valence-electron chi connectivity index (χ1n) is 12.7. The van der Waals surface area contributed by atoms with Gasteiger partial charge in [0.25, 0.3) is 5.56 Å². The summed E-state index contributed by atoms with van der Waals surface area (Å²) in [5.74, 6) is 0.721. The second-order valence-electron chi connectivity index (χ2n) is 10.4. The molecular formula is C29H20Cl2N6O2. The Morgan fingerprint density at radius 3 is 2.79 bits per heavy atom. The second kappa shape index (κ2) is 8.24. The molecule has 10 heteroatoms. The lowest BCUT2D eigenvalue weighted by molar-refractivity contribution is 0.450. The topological polar surface area (TPSA) is 91.1 Å². The normalized spacial score (nSPS) is 21.2. The molecule has 0 saturated heterocycles. The first kappa shape index (κ1) is 22.9. The minimum atomic E-state index is -0.0445. The Morgan fingerprint density at radius 1 is 1.05 bits per heavy atom. The summed E-state index contributed by atoms with van der Waals surface area (Å²) in [6.45, 7) is 1.94. The predicted molar refractivity (Wildman–Crippen MR) is 150 cm³/mol. The number of aromatic nitrogens is 5. The van der Waals surface area contributed by atoms with Crippen molar-refractivity contribution in [1.82, 2.24) is 24.7 Å². The molecule has 5 heterocycles. The molecule has 1 fully saturated rings. The average molecular weight is 555 g/mol. The van der Waals surface area contributed by atoms with Crippen molar-refractivity contribution in [1.29, 1.82) is 0 Å². The van der Waals surface area contributed by atoms with Gasteiger partial charge in [-0.05, 0) is 72.4 Å². The molecule has 0 spiro atoms. The highest BCUT2D eigenvalue weighted by Crippen LogP contribution is 2.60. The van der Waals surface area contributed by atoms with Gasteiger partial charge in [-0.15, -0.1) is 5.10 Å². The number of nitrogens with zero attached hydrogens (tertiary/aromatic N) is 6. The number of benzene rings is 2. The Bertz CT molecular complexity index is 1970. The summed E-state index contributed by atoms with van der Waals surface area (Å²) in [7, 11) is 0. The number of hydrogen-bond acceptors (Lipinski definition) is 6. The highest BCUT2D eigenvalue weighted by atomic mass is 35.5. The first-order chi connectivity index (χ1) is 18.9. The summed E-state index contributed by atoms with van der Waals surface area (Å²) in [6, 6.07) is 15.4. The Kier molecular flexibility index (Phi) is 4.85. The maximum atomic E-state index is 13.7. The number of allylic oxidation sites excluding steroid dienone is 1. The summed E-state index contributed by atoms with van der Waals surface area (Å²) < 4.78 is 9.01. The maximum Gasteiger partial charge on any atom is 0.251 e. The number of fused-ring (bicyclic) bond motifs is 4. The van der Waals surface area contributed by atoms with Crippen LogP contribution in [0.4, 0.5) is 0 Å². The molecule has 39 heavy (non-hydrogen) atoms. The Labute approximate surface area is 232 Å². The van der Waals surface area contributed by atoms with Crippen LogP contribution in [0.3, 0.4) is 0 Å². The highest BCUT2D eigenvalue weighted by molar-refractivity contribution is 6.31. The average Bonchev–Trinajstić information content (AvgIpc) is 3.28. The van der Waals surface area contributed by atoms with Crippen LogP contribution >= 0.6 is 23.2 Å². The predicted octanol–water partition coefficient (Wildman–Crippen LogP) is 6.40. The smallest absolute Gasteiger partial charge is 0.251 e. The van der Waals surface area contributed by atoms with Crippen LogP contribution in [0.5, 0.6) is 0 Å². The van der Waals surface area contributed by atoms with Gasteiger partial charge in [0.05, 0.1) is 23.6 Å². The van der Waals surface area contributed by atoms with Gasteiger partial charge in [0.1, 0.15) is 0 Å². The molecule has 192 valence electrons. The van der Waals surface area contributed by atoms with Crippen LogP contribution in [-0.2, 0) is 0 Å². The minimum absolute atomic E-state index is 0.0375. The standard InChI is InChI=1S/C29H20Cl2N6O2/c1-14-19-4-2-15(8-26(19)39-34-14)17-6-23(32-12-17)29-22-11-21(22)25-7-16(9-28(38)37(25)29)20-10-18(30)3-5-24(20)36-13-27(31)33-35-36/h2-5,7-10,12-13,21-22,29H,6,11H2,1H3. The van der Waals surface area contributed by atoms with Gasteiger partial charge in [-0.1, -0.05) is 39.6 Å². The van der Waals surface area contributed by atoms with E-state index in [9.17, 15) is 4.79 Å². The van der Waals surface area contributed by atoms with E-state index in [0.717, 1.165) is 62.4 Å². The summed E-state index contributed by atoms with van der Waals surface area (Å²) >= 11 is 12.4. The number of rotatable bonds is 4. The summed E-state index contributed by atoms with van der Waals surface area (Å²) in [6.07, 6.45) is 5.31. The highest BCUT2D eigenvalue weighted by Gasteiger charge is 2.54. The maximum absolute atomic E-state index is 13.7. The zero-order chi connectivity index (χ0) is 26.4. The van der Waals surface area contributed by atoms with Crippen LogP contribution in [0.2, 0.25) is 10.2 Å². The van der Waals surface area contributed by atoms with Crippen molar-refractivity contribution in [3.8, 4) is 16.8 Å². The molecule has 8 rings (SSSR count). The van der Waals surface area contributed by atoms with E-state index >= 15 is 0 Å². The molecule has 1 aliphatic carbocycles. The summed E-state index contributed by atoms with van der Waals surface area (Å²) in [5, 5.41) is 13.9. The van der Waals surface area contributed by atoms with E-state index in [1.807, 2.05) is 42.0 Å². The SMILES string of the molecule is Cc1noc2cc(C3=CN=C(C4C5CC5c5cc(-c6cc(Cl)ccc6-n6cc(Cl)nn6)cc(=O)n54)C3)ccc12. The van der Waals surface area contributed by atoms with Gasteiger partial charge in [-0.2, -0.15) is 0 Å². The monoisotopic (exact) mass is 554 g/mol. The van der Waals surface area contributed by atoms with E-state index in [0.29, 0.717) is 23.3 Å². The first-order valence-corrected chi connectivity index (χ1v) is 13.5. The Balaban J connectivity index is 1.14. The number of pyridine rings is 1. The number of aryl methyl sites for hydroxylation is 1. The molecule has 5 aromatic rings. The molecule has 3 aromatic heterocycles. The molecule has 3 aliphatic rings. The van der Waals surface area contributed by atoms with Gasteiger partial charge in [-0.25, -0.2) is 4.68 Å². The molecule has 0 bridgehead atoms. The van der Waals surface area contributed by atoms with Crippen molar-refractivity contribution in [2.45, 2.75) is 31.7 Å². The van der Waals surface area contributed by atoms with E-state index < -0.39 is 0 Å². The molecular weight excluding hydrogens is 535 g/mol. The van der Waals surface area contributed by atoms with Gasteiger partial charge in [0, 0.05) is 52.0 Å². The molecule has 0 amide bonds. The third-order valence-corrected chi connectivity index (χ3v) is 8.51. The summed E-state index contributed by atoms with van der Waals surface area (Å²) in [4.78, 5) is 18.5. The van der Waals surface area contributed by atoms with Crippen LogP contribution in [0, 0.1) is 12.8 Å². The number of aliphatic imine (C=N–C) groups is 1. The molecule has 1 saturated carbocycles. The number of hydrogen-bond donors (Lipinski definition) is 0. The van der Waals surface area contributed by atoms with Crippen LogP contribution in [0.25, 0.3) is 33.4 Å². The Hall–Kier alpha value is -4.01. The van der Waals surface area contributed by atoms with Crippen molar-refractivity contribution < 1.29 is 4.52 Å². The van der Waals surface area contributed by atoms with E-state index in [2.05, 4.69) is 27.6 Å². The van der Waals surface area contributed by atoms with Crippen LogP contribution in [0.1, 0.15) is 41.8 Å². The lowest BCUT2D eigenvalue weighted by atomic mass is 9.97. The van der Waals surface area contributed by atoms with E-state index in [1.54, 1.807) is 23.0 Å². The van der Waals surface area contributed by atoms with Crippen LogP contribution in [-0.4, -0.2) is 30.4 Å². The van der Waals surface area contributed by atoms with Gasteiger partial charge < -0.3 is 9.09 Å². The van der Waals surface area contributed by atoms with Crippen molar-refractivity contribution in [3.05, 3.63) is 98.4 Å². The van der Waals surface area contributed by atoms with E-state index in [-0.39, 0.29) is 16.8 Å². The minimum Gasteiger partial charge on any atom is -0.356 e. The lowest BCUT2D eigenvalue weighted by Gasteiger charge is -2.20. The van der Waals surface area contributed by atoms with Crippen LogP contribution < -0.4 is 5.56 Å². The van der Waals surface area contributed by atoms with E-state index in [4.69, 9.17) is 32.7 Å². The van der Waals surface area contributed by atoms with Crippen molar-refractivity contribution in [3.63, 3.8) is 0 Å². The molecule has 2 aromatic carbocycles. The zero-order valence-electron chi connectivity index (χ0n) is 20.7. The second-order valence-corrected chi connectivity index (χ2v) is 11.2. The fraction of sp³-hybridized carbons (Fsp3) is 0.207. The largest absolute Gasteiger partial charge is 0.356 e. The quantitative estimate of drug-likeness (QED) is 0.256. The molecule has 2 aliphatic heterocycles. The fourth-order valence-electron chi connectivity index (χ4n) is 6.20.